The molecule has 1 rings (SSSR count). The van der Waals surface area contributed by atoms with Crippen molar-refractivity contribution in [2.24, 2.45) is 5.90 Å². The van der Waals surface area contributed by atoms with Gasteiger partial charge in [-0.25, -0.2) is 5.90 Å². The van der Waals surface area contributed by atoms with Crippen molar-refractivity contribution in [3.05, 3.63) is 39.4 Å². The molecule has 0 saturated carbocycles. The highest BCUT2D eigenvalue weighted by molar-refractivity contribution is 5.46. The molecule has 0 atom stereocenters. The fourth-order valence-electron chi connectivity index (χ4n) is 1.64. The van der Waals surface area contributed by atoms with Gasteiger partial charge in [0.15, 0.2) is 0 Å². The quantitative estimate of drug-likeness (QED) is 0.627. The fraction of sp³-hybridized carbons (Fsp3) is 0.455. The number of hydrogen-bond acceptors (Lipinski definition) is 4. The van der Waals surface area contributed by atoms with E-state index in [1.807, 2.05) is 20.8 Å². The minimum Gasteiger partial charge on any atom is -0.304 e. The second kappa shape index (κ2) is 4.59. The predicted molar refractivity (Wildman–Crippen MR) is 61.0 cm³/mol. The highest BCUT2D eigenvalue weighted by Gasteiger charge is 2.29. The molecule has 0 aliphatic heterocycles. The lowest BCUT2D eigenvalue weighted by molar-refractivity contribution is -0.386. The minimum absolute atomic E-state index is 0.104. The maximum absolute atomic E-state index is 10.9. The molecule has 0 amide bonds. The second-order valence-corrected chi connectivity index (χ2v) is 4.47. The zero-order valence-electron chi connectivity index (χ0n) is 9.69. The molecule has 0 unspecified atom stereocenters. The maximum atomic E-state index is 10.9. The van der Waals surface area contributed by atoms with Gasteiger partial charge in [0.25, 0.3) is 5.69 Å². The Kier molecular flexibility index (Phi) is 3.62. The van der Waals surface area contributed by atoms with Gasteiger partial charge in [0.2, 0.25) is 0 Å². The lowest BCUT2D eigenvalue weighted by atomic mass is 9.83. The van der Waals surface area contributed by atoms with E-state index >= 15 is 0 Å². The summed E-state index contributed by atoms with van der Waals surface area (Å²) in [6.07, 6.45) is 0. The summed E-state index contributed by atoms with van der Waals surface area (Å²) in [5, 5.41) is 10.9. The summed E-state index contributed by atoms with van der Waals surface area (Å²) < 4.78 is 0. The van der Waals surface area contributed by atoms with Gasteiger partial charge in [-0.2, -0.15) is 0 Å². The summed E-state index contributed by atoms with van der Waals surface area (Å²) in [5.74, 6) is 5.05. The molecule has 2 N–H and O–H groups in total. The molecule has 1 aromatic rings. The Morgan fingerprint density at radius 3 is 2.62 bits per heavy atom. The van der Waals surface area contributed by atoms with Gasteiger partial charge in [0.1, 0.15) is 0 Å². The van der Waals surface area contributed by atoms with Crippen LogP contribution in [0, 0.1) is 17.0 Å². The standard InChI is InChI=1S/C11H16N2O3/c1-8-4-5-10(13(14)15)9(6-8)11(2,3)7-16-12/h4-6H,7,12H2,1-3H3. The number of nitro benzene ring substituents is 1. The van der Waals surface area contributed by atoms with Crippen molar-refractivity contribution >= 4 is 5.69 Å². The van der Waals surface area contributed by atoms with Gasteiger partial charge in [0.05, 0.1) is 11.5 Å². The van der Waals surface area contributed by atoms with E-state index < -0.39 is 5.41 Å². The Labute approximate surface area is 94.3 Å². The molecule has 0 fully saturated rings. The molecule has 0 aromatic heterocycles. The van der Waals surface area contributed by atoms with Gasteiger partial charge in [-0.05, 0) is 13.0 Å². The largest absolute Gasteiger partial charge is 0.304 e. The van der Waals surface area contributed by atoms with E-state index in [-0.39, 0.29) is 17.2 Å². The molecular weight excluding hydrogens is 208 g/mol. The number of nitrogens with two attached hydrogens (primary N) is 1. The van der Waals surface area contributed by atoms with Crippen LogP contribution in [0.2, 0.25) is 0 Å². The predicted octanol–water partition coefficient (Wildman–Crippen LogP) is 2.07. The third-order valence-corrected chi connectivity index (χ3v) is 2.52. The molecule has 0 aliphatic carbocycles. The summed E-state index contributed by atoms with van der Waals surface area (Å²) in [5.41, 5.74) is 1.24. The molecule has 0 saturated heterocycles. The number of nitrogens with zero attached hydrogens (tertiary/aromatic N) is 1. The molecule has 0 bridgehead atoms. The summed E-state index contributed by atoms with van der Waals surface area (Å²) in [4.78, 5) is 15.1. The molecule has 5 nitrogen and oxygen atoms in total. The van der Waals surface area contributed by atoms with Gasteiger partial charge < -0.3 is 4.84 Å². The summed E-state index contributed by atoms with van der Waals surface area (Å²) in [6.45, 7) is 5.85. The van der Waals surface area contributed by atoms with Crippen LogP contribution in [0.3, 0.4) is 0 Å². The van der Waals surface area contributed by atoms with E-state index in [1.54, 1.807) is 12.1 Å². The van der Waals surface area contributed by atoms with Crippen LogP contribution < -0.4 is 5.90 Å². The minimum atomic E-state index is -0.483. The first-order valence-electron chi connectivity index (χ1n) is 4.95. The average Bonchev–Trinajstić information content (AvgIpc) is 2.17. The first-order valence-corrected chi connectivity index (χ1v) is 4.95. The molecule has 0 spiro atoms. The van der Waals surface area contributed by atoms with Crippen LogP contribution in [-0.4, -0.2) is 11.5 Å². The second-order valence-electron chi connectivity index (χ2n) is 4.47. The van der Waals surface area contributed by atoms with Gasteiger partial charge in [0, 0.05) is 17.0 Å². The average molecular weight is 224 g/mol. The van der Waals surface area contributed by atoms with Gasteiger partial charge in [-0.15, -0.1) is 0 Å². The first-order chi connectivity index (χ1) is 7.38. The molecule has 0 heterocycles. The Morgan fingerprint density at radius 1 is 1.50 bits per heavy atom. The lowest BCUT2D eigenvalue weighted by Crippen LogP contribution is -2.27. The monoisotopic (exact) mass is 224 g/mol. The van der Waals surface area contributed by atoms with Crippen molar-refractivity contribution in [2.75, 3.05) is 6.61 Å². The lowest BCUT2D eigenvalue weighted by Gasteiger charge is -2.23. The fourth-order valence-corrected chi connectivity index (χ4v) is 1.64. The Hall–Kier alpha value is -1.46. The molecule has 0 aliphatic rings. The first kappa shape index (κ1) is 12.6. The molecule has 16 heavy (non-hydrogen) atoms. The zero-order valence-corrected chi connectivity index (χ0v) is 9.69. The Bertz CT molecular complexity index is 402. The molecular formula is C11H16N2O3. The van der Waals surface area contributed by atoms with Crippen LogP contribution in [0.15, 0.2) is 18.2 Å². The Morgan fingerprint density at radius 2 is 2.12 bits per heavy atom. The number of aryl methyl sites for hydroxylation is 1. The SMILES string of the molecule is Cc1ccc([N+](=O)[O-])c(C(C)(C)CON)c1. The molecule has 5 heteroatoms. The van der Waals surface area contributed by atoms with Gasteiger partial charge in [-0.1, -0.05) is 25.5 Å². The van der Waals surface area contributed by atoms with Crippen LogP contribution in [0.25, 0.3) is 0 Å². The van der Waals surface area contributed by atoms with Crippen molar-refractivity contribution in [3.63, 3.8) is 0 Å². The van der Waals surface area contributed by atoms with E-state index in [9.17, 15) is 10.1 Å². The summed E-state index contributed by atoms with van der Waals surface area (Å²) in [6, 6.07) is 5.04. The summed E-state index contributed by atoms with van der Waals surface area (Å²) in [7, 11) is 0. The Balaban J connectivity index is 3.29. The molecule has 1 aromatic carbocycles. The molecule has 88 valence electrons. The number of hydrogen-bond donors (Lipinski definition) is 1. The van der Waals surface area contributed by atoms with Crippen LogP contribution in [0.5, 0.6) is 0 Å². The van der Waals surface area contributed by atoms with Crippen molar-refractivity contribution in [3.8, 4) is 0 Å². The third-order valence-electron chi connectivity index (χ3n) is 2.52. The third kappa shape index (κ3) is 2.56. The van der Waals surface area contributed by atoms with E-state index in [0.717, 1.165) is 5.56 Å². The highest BCUT2D eigenvalue weighted by Crippen LogP contribution is 2.32. The number of nitro groups is 1. The number of benzene rings is 1. The van der Waals surface area contributed by atoms with Crippen LogP contribution >= 0.6 is 0 Å². The highest BCUT2D eigenvalue weighted by atomic mass is 16.6. The van der Waals surface area contributed by atoms with Gasteiger partial charge >= 0.3 is 0 Å². The molecule has 0 radical (unpaired) electrons. The van der Waals surface area contributed by atoms with E-state index in [4.69, 9.17) is 5.90 Å². The van der Waals surface area contributed by atoms with Crippen molar-refractivity contribution < 1.29 is 9.76 Å². The normalized spacial score (nSPS) is 11.5. The zero-order chi connectivity index (χ0) is 12.3. The number of rotatable bonds is 4. The van der Waals surface area contributed by atoms with E-state index in [2.05, 4.69) is 4.84 Å². The topological polar surface area (TPSA) is 78.4 Å². The van der Waals surface area contributed by atoms with E-state index in [1.165, 1.54) is 6.07 Å². The smallest absolute Gasteiger partial charge is 0.273 e. The van der Waals surface area contributed by atoms with E-state index in [0.29, 0.717) is 5.56 Å². The van der Waals surface area contributed by atoms with Crippen molar-refractivity contribution in [1.82, 2.24) is 0 Å². The van der Waals surface area contributed by atoms with Crippen LogP contribution in [-0.2, 0) is 10.3 Å². The van der Waals surface area contributed by atoms with Crippen molar-refractivity contribution in [1.29, 1.82) is 0 Å². The maximum Gasteiger partial charge on any atom is 0.273 e. The van der Waals surface area contributed by atoms with Crippen LogP contribution in [0.1, 0.15) is 25.0 Å². The van der Waals surface area contributed by atoms with Gasteiger partial charge in [-0.3, -0.25) is 10.1 Å². The summed E-state index contributed by atoms with van der Waals surface area (Å²) >= 11 is 0. The van der Waals surface area contributed by atoms with Crippen molar-refractivity contribution in [2.45, 2.75) is 26.2 Å². The van der Waals surface area contributed by atoms with Crippen LogP contribution in [0.4, 0.5) is 5.69 Å².